The van der Waals surface area contributed by atoms with E-state index in [4.69, 9.17) is 16.7 Å². The summed E-state index contributed by atoms with van der Waals surface area (Å²) < 4.78 is 24.2. The van der Waals surface area contributed by atoms with Crippen LogP contribution in [0.3, 0.4) is 0 Å². The van der Waals surface area contributed by atoms with Crippen molar-refractivity contribution in [1.29, 1.82) is 0 Å². The quantitative estimate of drug-likeness (QED) is 0.913. The van der Waals surface area contributed by atoms with Crippen LogP contribution in [-0.4, -0.2) is 24.5 Å². The molecule has 2 rings (SSSR count). The highest BCUT2D eigenvalue weighted by molar-refractivity contribution is 7.89. The summed E-state index contributed by atoms with van der Waals surface area (Å²) in [4.78, 5) is 14.6. The Morgan fingerprint density at radius 3 is 2.38 bits per heavy atom. The van der Waals surface area contributed by atoms with Gasteiger partial charge in [-0.1, -0.05) is 29.8 Å². The van der Waals surface area contributed by atoms with Gasteiger partial charge in [0, 0.05) is 5.02 Å². The van der Waals surface area contributed by atoms with Gasteiger partial charge in [-0.2, -0.15) is 0 Å². The minimum atomic E-state index is -3.44. The maximum Gasteiger partial charge on any atom is 0.354 e. The summed E-state index contributed by atoms with van der Waals surface area (Å²) in [5.41, 5.74) is 0.659. The number of hydrogen-bond acceptors (Lipinski definition) is 4. The van der Waals surface area contributed by atoms with Gasteiger partial charge in [0.2, 0.25) is 0 Å². The Labute approximate surface area is 127 Å². The maximum atomic E-state index is 12.1. The highest BCUT2D eigenvalue weighted by atomic mass is 35.5. The molecule has 5 nitrogen and oxygen atoms in total. The zero-order valence-electron chi connectivity index (χ0n) is 10.9. The lowest BCUT2D eigenvalue weighted by atomic mass is 10.2. The van der Waals surface area contributed by atoms with Crippen LogP contribution in [0.5, 0.6) is 0 Å². The second-order valence-electron chi connectivity index (χ2n) is 4.48. The molecule has 0 aliphatic rings. The molecule has 1 N–H and O–H groups in total. The smallest absolute Gasteiger partial charge is 0.354 e. The average molecular weight is 326 g/mol. The molecule has 0 saturated heterocycles. The van der Waals surface area contributed by atoms with Crippen molar-refractivity contribution in [3.63, 3.8) is 0 Å². The summed E-state index contributed by atoms with van der Waals surface area (Å²) in [6.45, 7) is 0. The van der Waals surface area contributed by atoms with Gasteiger partial charge in [-0.3, -0.25) is 0 Å². The maximum absolute atomic E-state index is 12.1. The van der Waals surface area contributed by atoms with E-state index in [0.717, 1.165) is 0 Å². The van der Waals surface area contributed by atoms with Crippen LogP contribution in [0, 0.1) is 0 Å². The zero-order valence-corrected chi connectivity index (χ0v) is 12.4. The second-order valence-corrected chi connectivity index (χ2v) is 6.98. The SMILES string of the molecule is O=C(O)c1cccc(CS(=O)(=O)Cc2ccc(Cl)cc2)n1. The van der Waals surface area contributed by atoms with E-state index in [0.29, 0.717) is 10.6 Å². The van der Waals surface area contributed by atoms with Crippen LogP contribution in [0.1, 0.15) is 21.7 Å². The van der Waals surface area contributed by atoms with Crippen LogP contribution in [0.15, 0.2) is 42.5 Å². The first-order chi connectivity index (χ1) is 9.85. The van der Waals surface area contributed by atoms with E-state index in [1.165, 1.54) is 18.2 Å². The number of pyridine rings is 1. The van der Waals surface area contributed by atoms with Gasteiger partial charge >= 0.3 is 5.97 Å². The van der Waals surface area contributed by atoms with Gasteiger partial charge in [-0.25, -0.2) is 18.2 Å². The molecule has 0 spiro atoms. The Morgan fingerprint density at radius 2 is 1.76 bits per heavy atom. The third kappa shape index (κ3) is 4.54. The number of carbonyl (C=O) groups is 1. The van der Waals surface area contributed by atoms with Crippen LogP contribution in [0.25, 0.3) is 0 Å². The zero-order chi connectivity index (χ0) is 15.5. The van der Waals surface area contributed by atoms with Crippen LogP contribution in [-0.2, 0) is 21.3 Å². The molecular weight excluding hydrogens is 314 g/mol. The molecule has 1 aromatic heterocycles. The highest BCUT2D eigenvalue weighted by Gasteiger charge is 2.15. The molecule has 0 amide bonds. The van der Waals surface area contributed by atoms with E-state index in [1.54, 1.807) is 24.3 Å². The predicted molar refractivity (Wildman–Crippen MR) is 79.0 cm³/mol. The number of halogens is 1. The molecule has 7 heteroatoms. The Hall–Kier alpha value is -1.92. The number of nitrogens with zero attached hydrogens (tertiary/aromatic N) is 1. The van der Waals surface area contributed by atoms with Crippen molar-refractivity contribution in [3.05, 3.63) is 64.4 Å². The molecular formula is C14H12ClNO4S. The summed E-state index contributed by atoms with van der Waals surface area (Å²) >= 11 is 5.74. The lowest BCUT2D eigenvalue weighted by Crippen LogP contribution is -2.10. The molecule has 0 aliphatic carbocycles. The van der Waals surface area contributed by atoms with Crippen molar-refractivity contribution in [1.82, 2.24) is 4.98 Å². The van der Waals surface area contributed by atoms with Crippen molar-refractivity contribution < 1.29 is 18.3 Å². The first-order valence-electron chi connectivity index (χ1n) is 6.00. The minimum Gasteiger partial charge on any atom is -0.477 e. The van der Waals surface area contributed by atoms with E-state index in [2.05, 4.69) is 4.98 Å². The Bertz CT molecular complexity index is 757. The Morgan fingerprint density at radius 1 is 1.10 bits per heavy atom. The van der Waals surface area contributed by atoms with Crippen LogP contribution >= 0.6 is 11.6 Å². The standard InChI is InChI=1S/C14H12ClNO4S/c15-11-6-4-10(5-7-11)8-21(19,20)9-12-2-1-3-13(16-12)14(17)18/h1-7H,8-9H2,(H,17,18). The van der Waals surface area contributed by atoms with E-state index >= 15 is 0 Å². The molecule has 0 radical (unpaired) electrons. The van der Waals surface area contributed by atoms with Crippen LogP contribution in [0.4, 0.5) is 0 Å². The highest BCUT2D eigenvalue weighted by Crippen LogP contribution is 2.14. The number of aromatic carboxylic acids is 1. The number of carboxylic acid groups (broad SMARTS) is 1. The molecule has 21 heavy (non-hydrogen) atoms. The minimum absolute atomic E-state index is 0.150. The van der Waals surface area contributed by atoms with Crippen molar-refractivity contribution >= 4 is 27.4 Å². The van der Waals surface area contributed by atoms with E-state index in [-0.39, 0.29) is 22.9 Å². The summed E-state index contributed by atoms with van der Waals surface area (Å²) in [7, 11) is -3.44. The number of benzene rings is 1. The van der Waals surface area contributed by atoms with E-state index in [1.807, 2.05) is 0 Å². The number of carboxylic acids is 1. The van der Waals surface area contributed by atoms with Gasteiger partial charge in [-0.15, -0.1) is 0 Å². The summed E-state index contributed by atoms with van der Waals surface area (Å²) in [5, 5.41) is 9.38. The fraction of sp³-hybridized carbons (Fsp3) is 0.143. The van der Waals surface area contributed by atoms with E-state index in [9.17, 15) is 13.2 Å². The van der Waals surface area contributed by atoms with Gasteiger partial charge in [0.1, 0.15) is 5.69 Å². The molecule has 0 bridgehead atoms. The Balaban J connectivity index is 2.15. The fourth-order valence-electron chi connectivity index (χ4n) is 1.79. The van der Waals surface area contributed by atoms with E-state index < -0.39 is 15.8 Å². The average Bonchev–Trinajstić information content (AvgIpc) is 2.41. The van der Waals surface area contributed by atoms with Gasteiger partial charge in [0.15, 0.2) is 9.84 Å². The molecule has 0 unspecified atom stereocenters. The normalized spacial score (nSPS) is 11.3. The van der Waals surface area contributed by atoms with Crippen molar-refractivity contribution in [2.45, 2.75) is 11.5 Å². The summed E-state index contributed by atoms with van der Waals surface area (Å²) in [6.07, 6.45) is 0. The van der Waals surface area contributed by atoms with Gasteiger partial charge < -0.3 is 5.11 Å². The predicted octanol–water partition coefficient (Wildman–Crippen LogP) is 2.55. The topological polar surface area (TPSA) is 84.3 Å². The molecule has 0 atom stereocenters. The van der Waals surface area contributed by atoms with Gasteiger partial charge in [0.25, 0.3) is 0 Å². The van der Waals surface area contributed by atoms with Crippen LogP contribution in [0.2, 0.25) is 5.02 Å². The van der Waals surface area contributed by atoms with Gasteiger partial charge in [-0.05, 0) is 29.8 Å². The second kappa shape index (κ2) is 6.24. The lowest BCUT2D eigenvalue weighted by Gasteiger charge is -2.05. The Kier molecular flexibility index (Phi) is 4.59. The molecule has 2 aromatic rings. The third-order valence-electron chi connectivity index (χ3n) is 2.69. The first kappa shape index (κ1) is 15.5. The molecule has 0 saturated carbocycles. The monoisotopic (exact) mass is 325 g/mol. The number of aromatic nitrogens is 1. The molecule has 110 valence electrons. The molecule has 1 aromatic carbocycles. The summed E-state index contributed by atoms with van der Waals surface area (Å²) in [6, 6.07) is 10.8. The molecule has 1 heterocycles. The van der Waals surface area contributed by atoms with Gasteiger partial charge in [0.05, 0.1) is 17.2 Å². The summed E-state index contributed by atoms with van der Waals surface area (Å²) in [5.74, 6) is -1.65. The number of rotatable bonds is 5. The van der Waals surface area contributed by atoms with Crippen molar-refractivity contribution in [2.75, 3.05) is 0 Å². The van der Waals surface area contributed by atoms with Crippen molar-refractivity contribution in [3.8, 4) is 0 Å². The first-order valence-corrected chi connectivity index (χ1v) is 8.20. The number of sulfone groups is 1. The largest absolute Gasteiger partial charge is 0.477 e. The lowest BCUT2D eigenvalue weighted by molar-refractivity contribution is 0.0690. The fourth-order valence-corrected chi connectivity index (χ4v) is 3.33. The van der Waals surface area contributed by atoms with Crippen molar-refractivity contribution in [2.24, 2.45) is 0 Å². The third-order valence-corrected chi connectivity index (χ3v) is 4.45. The van der Waals surface area contributed by atoms with Crippen LogP contribution < -0.4 is 0 Å². The number of hydrogen-bond donors (Lipinski definition) is 1. The molecule has 0 aliphatic heterocycles. The molecule has 0 fully saturated rings.